The Morgan fingerprint density at radius 2 is 2.03 bits per heavy atom. The van der Waals surface area contributed by atoms with E-state index in [0.29, 0.717) is 11.4 Å². The molecule has 152 valence electrons. The Labute approximate surface area is 166 Å². The van der Waals surface area contributed by atoms with Crippen LogP contribution in [-0.2, 0) is 14.8 Å². The molecule has 0 aliphatic heterocycles. The van der Waals surface area contributed by atoms with Crippen LogP contribution in [0.25, 0.3) is 5.69 Å². The molecule has 0 aliphatic carbocycles. The zero-order chi connectivity index (χ0) is 20.9. The summed E-state index contributed by atoms with van der Waals surface area (Å²) in [4.78, 5) is 10.2. The molecule has 2 aromatic carbocycles. The quantitative estimate of drug-likeness (QED) is 0.516. The summed E-state index contributed by atoms with van der Waals surface area (Å²) in [6, 6.07) is 11.6. The van der Waals surface area contributed by atoms with Crippen molar-refractivity contribution in [3.63, 3.8) is 0 Å². The zero-order valence-corrected chi connectivity index (χ0v) is 16.0. The molecular weight excluding hydrogens is 401 g/mol. The third-order valence-electron chi connectivity index (χ3n) is 3.87. The number of halogens is 1. The molecule has 0 amide bonds. The van der Waals surface area contributed by atoms with Gasteiger partial charge in [0.1, 0.15) is 0 Å². The van der Waals surface area contributed by atoms with E-state index in [9.17, 15) is 17.6 Å². The number of nitrogens with zero attached hydrogens (tertiary/aromatic N) is 2. The van der Waals surface area contributed by atoms with E-state index >= 15 is 0 Å². The summed E-state index contributed by atoms with van der Waals surface area (Å²) in [5, 5.41) is 12.7. The maximum Gasteiger partial charge on any atom is 0.303 e. The van der Waals surface area contributed by atoms with Crippen molar-refractivity contribution in [2.45, 2.75) is 17.7 Å². The van der Waals surface area contributed by atoms with Crippen LogP contribution in [0, 0.1) is 5.82 Å². The average molecular weight is 419 g/mol. The minimum atomic E-state index is -4.03. The molecule has 3 aromatic rings. The lowest BCUT2D eigenvalue weighted by atomic mass is 10.3. The van der Waals surface area contributed by atoms with Gasteiger partial charge < -0.3 is 9.84 Å². The van der Waals surface area contributed by atoms with Crippen LogP contribution in [0.2, 0.25) is 0 Å². The number of aromatic nitrogens is 2. The molecule has 8 nitrogen and oxygen atoms in total. The lowest BCUT2D eigenvalue weighted by Crippen LogP contribution is -2.13. The first kappa shape index (κ1) is 20.3. The van der Waals surface area contributed by atoms with Crippen molar-refractivity contribution in [1.82, 2.24) is 9.78 Å². The van der Waals surface area contributed by atoms with Gasteiger partial charge >= 0.3 is 5.97 Å². The fraction of sp³-hybridized carbons (Fsp3) is 0.158. The second kappa shape index (κ2) is 8.74. The Balaban J connectivity index is 1.72. The van der Waals surface area contributed by atoms with Crippen LogP contribution in [0.3, 0.4) is 0 Å². The standard InChI is InChI=1S/C19H18FN3O5S/c20-17-13-16(7-8-18(17)28-11-2-6-19(24)25)29(26,27)22-14-4-1-5-15(12-14)23-10-3-9-21-23/h1,3-5,7-10,12-13,22H,2,6,11H2,(H,24,25). The monoisotopic (exact) mass is 419 g/mol. The maximum absolute atomic E-state index is 14.2. The van der Waals surface area contributed by atoms with Crippen molar-refractivity contribution in [2.24, 2.45) is 0 Å². The lowest BCUT2D eigenvalue weighted by molar-refractivity contribution is -0.137. The molecule has 0 aliphatic rings. The number of hydrogen-bond donors (Lipinski definition) is 2. The fourth-order valence-corrected chi connectivity index (χ4v) is 3.58. The summed E-state index contributed by atoms with van der Waals surface area (Å²) in [7, 11) is -4.03. The van der Waals surface area contributed by atoms with Crippen LogP contribution >= 0.6 is 0 Å². The van der Waals surface area contributed by atoms with Crippen LogP contribution in [0.5, 0.6) is 5.75 Å². The number of carboxylic acids is 1. The predicted octanol–water partition coefficient (Wildman–Crippen LogP) is 3.06. The maximum atomic E-state index is 14.2. The Hall–Kier alpha value is -3.40. The summed E-state index contributed by atoms with van der Waals surface area (Å²) in [5.74, 6) is -1.97. The number of sulfonamides is 1. The third-order valence-corrected chi connectivity index (χ3v) is 5.25. The van der Waals surface area contributed by atoms with Crippen LogP contribution < -0.4 is 9.46 Å². The molecule has 0 saturated carbocycles. The summed E-state index contributed by atoms with van der Waals surface area (Å²) in [6.07, 6.45) is 3.43. The van der Waals surface area contributed by atoms with Crippen molar-refractivity contribution in [3.05, 3.63) is 66.7 Å². The van der Waals surface area contributed by atoms with Crippen molar-refractivity contribution >= 4 is 21.7 Å². The number of aliphatic carboxylic acids is 1. The van der Waals surface area contributed by atoms with E-state index in [1.807, 2.05) is 0 Å². The van der Waals surface area contributed by atoms with Gasteiger partial charge in [-0.15, -0.1) is 0 Å². The van der Waals surface area contributed by atoms with Gasteiger partial charge in [-0.25, -0.2) is 17.5 Å². The molecule has 0 bridgehead atoms. The molecule has 3 rings (SSSR count). The summed E-state index contributed by atoms with van der Waals surface area (Å²) >= 11 is 0. The van der Waals surface area contributed by atoms with Crippen LogP contribution in [-0.4, -0.2) is 35.9 Å². The number of anilines is 1. The molecule has 0 unspecified atom stereocenters. The van der Waals surface area contributed by atoms with Gasteiger partial charge in [0.25, 0.3) is 10.0 Å². The highest BCUT2D eigenvalue weighted by atomic mass is 32.2. The second-order valence-electron chi connectivity index (χ2n) is 6.04. The first-order valence-corrected chi connectivity index (χ1v) is 10.1. The van der Waals surface area contributed by atoms with Crippen molar-refractivity contribution in [3.8, 4) is 11.4 Å². The van der Waals surface area contributed by atoms with Crippen molar-refractivity contribution < 1.29 is 27.4 Å². The number of hydrogen-bond acceptors (Lipinski definition) is 5. The van der Waals surface area contributed by atoms with Gasteiger partial charge in [-0.2, -0.15) is 5.10 Å². The van der Waals surface area contributed by atoms with E-state index in [4.69, 9.17) is 9.84 Å². The van der Waals surface area contributed by atoms with Gasteiger partial charge in [0.05, 0.1) is 22.9 Å². The van der Waals surface area contributed by atoms with Gasteiger partial charge in [0.2, 0.25) is 0 Å². The minimum absolute atomic E-state index is 0.00773. The number of ether oxygens (including phenoxy) is 1. The number of carbonyl (C=O) groups is 1. The van der Waals surface area contributed by atoms with E-state index in [1.165, 1.54) is 12.1 Å². The smallest absolute Gasteiger partial charge is 0.303 e. The Morgan fingerprint density at radius 3 is 2.72 bits per heavy atom. The fourth-order valence-electron chi connectivity index (χ4n) is 2.52. The van der Waals surface area contributed by atoms with E-state index in [0.717, 1.165) is 6.07 Å². The van der Waals surface area contributed by atoms with Gasteiger partial charge in [-0.1, -0.05) is 6.07 Å². The highest BCUT2D eigenvalue weighted by Gasteiger charge is 2.17. The number of benzene rings is 2. The van der Waals surface area contributed by atoms with Crippen molar-refractivity contribution in [1.29, 1.82) is 0 Å². The molecule has 0 radical (unpaired) electrons. The SMILES string of the molecule is O=C(O)CCCOc1ccc(S(=O)(=O)Nc2cccc(-n3cccn3)c2)cc1F. The van der Waals surface area contributed by atoms with Crippen LogP contribution in [0.1, 0.15) is 12.8 Å². The van der Waals surface area contributed by atoms with Gasteiger partial charge in [0.15, 0.2) is 11.6 Å². The number of nitrogens with one attached hydrogen (secondary N) is 1. The Kier molecular flexibility index (Phi) is 6.13. The molecule has 0 fully saturated rings. The first-order valence-electron chi connectivity index (χ1n) is 8.62. The third kappa shape index (κ3) is 5.32. The summed E-state index contributed by atoms with van der Waals surface area (Å²) in [6.45, 7) is 0.00773. The highest BCUT2D eigenvalue weighted by Crippen LogP contribution is 2.24. The summed E-state index contributed by atoms with van der Waals surface area (Å²) in [5.41, 5.74) is 0.957. The molecule has 0 saturated heterocycles. The van der Waals surface area contributed by atoms with E-state index < -0.39 is 21.8 Å². The highest BCUT2D eigenvalue weighted by molar-refractivity contribution is 7.92. The first-order chi connectivity index (χ1) is 13.8. The van der Waals surface area contributed by atoms with Gasteiger partial charge in [-0.05, 0) is 48.9 Å². The summed E-state index contributed by atoms with van der Waals surface area (Å²) < 4.78 is 48.5. The lowest BCUT2D eigenvalue weighted by Gasteiger charge is -2.11. The molecule has 0 spiro atoms. The number of rotatable bonds is 9. The predicted molar refractivity (Wildman–Crippen MR) is 103 cm³/mol. The molecular formula is C19H18FN3O5S. The topological polar surface area (TPSA) is 111 Å². The Morgan fingerprint density at radius 1 is 1.21 bits per heavy atom. The largest absolute Gasteiger partial charge is 0.491 e. The van der Waals surface area contributed by atoms with E-state index in [1.54, 1.807) is 47.4 Å². The molecule has 1 aromatic heterocycles. The van der Waals surface area contributed by atoms with Gasteiger partial charge in [0, 0.05) is 18.8 Å². The van der Waals surface area contributed by atoms with Gasteiger partial charge in [-0.3, -0.25) is 9.52 Å². The normalized spacial score (nSPS) is 11.2. The molecule has 29 heavy (non-hydrogen) atoms. The van der Waals surface area contributed by atoms with Crippen LogP contribution in [0.4, 0.5) is 10.1 Å². The van der Waals surface area contributed by atoms with Crippen molar-refractivity contribution in [2.75, 3.05) is 11.3 Å². The zero-order valence-electron chi connectivity index (χ0n) is 15.2. The van der Waals surface area contributed by atoms with E-state index in [2.05, 4.69) is 9.82 Å². The van der Waals surface area contributed by atoms with Crippen LogP contribution in [0.15, 0.2) is 65.8 Å². The molecule has 2 N–H and O–H groups in total. The molecule has 1 heterocycles. The molecule has 10 heteroatoms. The average Bonchev–Trinajstić information content (AvgIpc) is 3.20. The minimum Gasteiger partial charge on any atom is -0.491 e. The second-order valence-corrected chi connectivity index (χ2v) is 7.73. The molecule has 0 atom stereocenters. The Bertz CT molecular complexity index is 1100. The number of carboxylic acid groups (broad SMARTS) is 1. The van der Waals surface area contributed by atoms with E-state index in [-0.39, 0.29) is 30.1 Å².